The zero-order chi connectivity index (χ0) is 18.5. The van der Waals surface area contributed by atoms with Gasteiger partial charge in [-0.1, -0.05) is 50.9 Å². The summed E-state index contributed by atoms with van der Waals surface area (Å²) in [5.74, 6) is 3.75. The maximum atomic E-state index is 11.6. The van der Waals surface area contributed by atoms with Crippen LogP contribution in [0.4, 0.5) is 0 Å². The van der Waals surface area contributed by atoms with Crippen LogP contribution in [0.1, 0.15) is 39.5 Å². The number of allylic oxidation sites excluding steroid dienone is 2. The van der Waals surface area contributed by atoms with Crippen LogP contribution in [0.25, 0.3) is 0 Å². The Bertz CT molecular complexity index is 652. The van der Waals surface area contributed by atoms with Crippen molar-refractivity contribution in [2.75, 3.05) is 0 Å². The topological polar surface area (TPSA) is 26.3 Å². The van der Waals surface area contributed by atoms with E-state index in [1.165, 1.54) is 12.1 Å². The maximum Gasteiger partial charge on any atom is 0.308 e. The molecule has 1 aliphatic carbocycles. The summed E-state index contributed by atoms with van der Waals surface area (Å²) in [6.07, 6.45) is 4.17. The molecule has 0 saturated carbocycles. The molecule has 0 N–H and O–H groups in total. The molecule has 0 amide bonds. The Morgan fingerprint density at radius 1 is 1.00 bits per heavy atom. The summed E-state index contributed by atoms with van der Waals surface area (Å²) in [6.45, 7) is 17.2. The van der Waals surface area contributed by atoms with Gasteiger partial charge in [0.15, 0.2) is 5.76 Å². The second-order valence-electron chi connectivity index (χ2n) is 8.59. The minimum Gasteiger partial charge on any atom is -0.418 e. The first-order chi connectivity index (χ1) is 10.9. The van der Waals surface area contributed by atoms with Gasteiger partial charge in [0.05, 0.1) is 8.07 Å². The predicted molar refractivity (Wildman–Crippen MR) is 108 cm³/mol. The van der Waals surface area contributed by atoms with Crippen LogP contribution < -0.4 is 0 Å². The number of carbonyl (C=O) groups excluding carboxylic acids is 1. The largest absolute Gasteiger partial charge is 0.418 e. The SMILES string of the molecule is CC(=O)OC(=C=C(C)[Si](C)(C)C)C1=C(C#C[Si](C)(C)C)CCCC1. The molecule has 0 bridgehead atoms. The molecule has 0 aliphatic heterocycles. The molecule has 2 nitrogen and oxygen atoms in total. The van der Waals surface area contributed by atoms with Crippen molar-refractivity contribution in [3.8, 4) is 11.5 Å². The lowest BCUT2D eigenvalue weighted by molar-refractivity contribution is -0.136. The zero-order valence-electron chi connectivity index (χ0n) is 16.6. The molecule has 1 rings (SSSR count). The highest BCUT2D eigenvalue weighted by Crippen LogP contribution is 2.30. The number of carbonyl (C=O) groups is 1. The van der Waals surface area contributed by atoms with Crippen LogP contribution in [0.2, 0.25) is 39.3 Å². The first kappa shape index (κ1) is 20.8. The van der Waals surface area contributed by atoms with Gasteiger partial charge in [0, 0.05) is 18.1 Å². The van der Waals surface area contributed by atoms with Crippen molar-refractivity contribution >= 4 is 22.1 Å². The molecule has 24 heavy (non-hydrogen) atoms. The smallest absolute Gasteiger partial charge is 0.308 e. The first-order valence-electron chi connectivity index (χ1n) is 8.82. The Morgan fingerprint density at radius 2 is 1.58 bits per heavy atom. The molecule has 0 fully saturated rings. The number of hydrogen-bond acceptors (Lipinski definition) is 2. The average Bonchev–Trinajstić information content (AvgIpc) is 2.42. The van der Waals surface area contributed by atoms with Crippen molar-refractivity contribution in [1.29, 1.82) is 0 Å². The summed E-state index contributed by atoms with van der Waals surface area (Å²) in [5.41, 5.74) is 9.13. The molecule has 0 aromatic carbocycles. The molecule has 0 aromatic rings. The Balaban J connectivity index is 3.52. The predicted octanol–water partition coefficient (Wildman–Crippen LogP) is 5.61. The van der Waals surface area contributed by atoms with E-state index in [1.807, 2.05) is 0 Å². The second kappa shape index (κ2) is 8.20. The molecule has 0 radical (unpaired) electrons. The van der Waals surface area contributed by atoms with E-state index in [0.29, 0.717) is 5.76 Å². The Morgan fingerprint density at radius 3 is 2.08 bits per heavy atom. The quantitative estimate of drug-likeness (QED) is 0.215. The van der Waals surface area contributed by atoms with Gasteiger partial charge in [-0.3, -0.25) is 4.79 Å². The number of rotatable bonds is 3. The standard InChI is InChI=1S/C20H32O2Si2/c1-16(24(6,7)8)15-20(22-17(2)21)19-12-10-9-11-18(19)13-14-23(3,4)5/h9-12H2,1-8H3. The molecule has 0 spiro atoms. The summed E-state index contributed by atoms with van der Waals surface area (Å²) in [6, 6.07) is 0. The van der Waals surface area contributed by atoms with Crippen molar-refractivity contribution in [1.82, 2.24) is 0 Å². The van der Waals surface area contributed by atoms with Crippen LogP contribution in [0, 0.1) is 11.5 Å². The van der Waals surface area contributed by atoms with E-state index in [2.05, 4.69) is 63.4 Å². The van der Waals surface area contributed by atoms with E-state index in [-0.39, 0.29) is 5.97 Å². The van der Waals surface area contributed by atoms with Gasteiger partial charge in [-0.25, -0.2) is 0 Å². The van der Waals surface area contributed by atoms with Gasteiger partial charge in [0.1, 0.15) is 8.07 Å². The van der Waals surface area contributed by atoms with E-state index in [1.54, 1.807) is 0 Å². The van der Waals surface area contributed by atoms with Crippen LogP contribution in [0.15, 0.2) is 27.8 Å². The fraction of sp³-hybridized carbons (Fsp3) is 0.600. The summed E-state index contributed by atoms with van der Waals surface area (Å²) in [7, 11) is -2.90. The summed E-state index contributed by atoms with van der Waals surface area (Å²) >= 11 is 0. The van der Waals surface area contributed by atoms with E-state index in [4.69, 9.17) is 4.74 Å². The van der Waals surface area contributed by atoms with Gasteiger partial charge in [-0.15, -0.1) is 5.54 Å². The molecule has 0 saturated heterocycles. The third-order valence-corrected chi connectivity index (χ3v) is 7.25. The Kier molecular flexibility index (Phi) is 7.10. The molecule has 1 aliphatic rings. The van der Waals surface area contributed by atoms with Crippen molar-refractivity contribution < 1.29 is 9.53 Å². The molecule has 0 heterocycles. The van der Waals surface area contributed by atoms with Gasteiger partial charge in [0.2, 0.25) is 0 Å². The Labute approximate surface area is 150 Å². The van der Waals surface area contributed by atoms with Gasteiger partial charge >= 0.3 is 5.97 Å². The fourth-order valence-corrected chi connectivity index (χ4v) is 3.24. The molecule has 132 valence electrons. The average molecular weight is 361 g/mol. The van der Waals surface area contributed by atoms with Crippen molar-refractivity contribution in [2.45, 2.75) is 78.8 Å². The summed E-state index contributed by atoms with van der Waals surface area (Å²) in [4.78, 5) is 11.6. The fourth-order valence-electron chi connectivity index (χ4n) is 2.22. The number of esters is 1. The van der Waals surface area contributed by atoms with E-state index in [9.17, 15) is 4.79 Å². The lowest BCUT2D eigenvalue weighted by atomic mass is 9.91. The molecule has 0 aromatic heterocycles. The minimum absolute atomic E-state index is 0.281. The van der Waals surface area contributed by atoms with Gasteiger partial charge < -0.3 is 4.74 Å². The third kappa shape index (κ3) is 7.09. The van der Waals surface area contributed by atoms with Gasteiger partial charge in [0.25, 0.3) is 0 Å². The number of hydrogen-bond donors (Lipinski definition) is 0. The maximum absolute atomic E-state index is 11.6. The summed E-state index contributed by atoms with van der Waals surface area (Å²) < 4.78 is 5.57. The van der Waals surface area contributed by atoms with Crippen LogP contribution in [-0.4, -0.2) is 22.1 Å². The second-order valence-corrected chi connectivity index (χ2v) is 18.6. The van der Waals surface area contributed by atoms with Gasteiger partial charge in [-0.2, -0.15) is 0 Å². The van der Waals surface area contributed by atoms with Crippen molar-refractivity contribution in [2.24, 2.45) is 0 Å². The molecular weight excluding hydrogens is 328 g/mol. The minimum atomic E-state index is -1.47. The molecular formula is C20H32O2Si2. The highest BCUT2D eigenvalue weighted by molar-refractivity contribution is 6.84. The highest BCUT2D eigenvalue weighted by Gasteiger charge is 2.21. The van der Waals surface area contributed by atoms with E-state index < -0.39 is 16.1 Å². The lowest BCUT2D eigenvalue weighted by Gasteiger charge is -2.20. The van der Waals surface area contributed by atoms with E-state index >= 15 is 0 Å². The Hall–Kier alpha value is -1.28. The lowest BCUT2D eigenvalue weighted by Crippen LogP contribution is -2.21. The van der Waals surface area contributed by atoms with E-state index in [0.717, 1.165) is 36.8 Å². The van der Waals surface area contributed by atoms with Crippen LogP contribution in [0.3, 0.4) is 0 Å². The zero-order valence-corrected chi connectivity index (χ0v) is 18.6. The van der Waals surface area contributed by atoms with Crippen molar-refractivity contribution in [3.05, 3.63) is 27.8 Å². The monoisotopic (exact) mass is 360 g/mol. The van der Waals surface area contributed by atoms with Crippen LogP contribution in [-0.2, 0) is 9.53 Å². The summed E-state index contributed by atoms with van der Waals surface area (Å²) in [5, 5.41) is 1.22. The molecule has 0 unspecified atom stereocenters. The van der Waals surface area contributed by atoms with Crippen molar-refractivity contribution in [3.63, 3.8) is 0 Å². The molecule has 0 atom stereocenters. The third-order valence-electron chi connectivity index (χ3n) is 4.00. The highest BCUT2D eigenvalue weighted by atomic mass is 28.3. The first-order valence-corrected chi connectivity index (χ1v) is 15.8. The van der Waals surface area contributed by atoms with Crippen LogP contribution >= 0.6 is 0 Å². The van der Waals surface area contributed by atoms with Gasteiger partial charge in [-0.05, 0) is 37.8 Å². The number of ether oxygens (including phenoxy) is 1. The molecule has 4 heteroatoms. The van der Waals surface area contributed by atoms with Crippen LogP contribution in [0.5, 0.6) is 0 Å². The normalized spacial score (nSPS) is 15.2.